The molecule has 0 unspecified atom stereocenters. The molecule has 0 saturated carbocycles. The van der Waals surface area contributed by atoms with Crippen LogP contribution in [0.2, 0.25) is 5.02 Å². The van der Waals surface area contributed by atoms with Crippen molar-refractivity contribution < 1.29 is 5.11 Å². The smallest absolute Gasteiger partial charge is 0.279 e. The van der Waals surface area contributed by atoms with Gasteiger partial charge in [0, 0.05) is 29.8 Å². The van der Waals surface area contributed by atoms with Gasteiger partial charge in [-0.05, 0) is 23.8 Å². The average Bonchev–Trinajstić information content (AvgIpc) is 3.14. The molecule has 0 saturated heterocycles. The Morgan fingerprint density at radius 1 is 1.19 bits per heavy atom. The fourth-order valence-corrected chi connectivity index (χ4v) is 3.07. The minimum Gasteiger partial charge on any atom is -0.503 e. The van der Waals surface area contributed by atoms with Gasteiger partial charge in [-0.1, -0.05) is 23.7 Å². The first-order chi connectivity index (χ1) is 12.5. The topological polar surface area (TPSA) is 92.4 Å². The highest BCUT2D eigenvalue weighted by atomic mass is 35.5. The van der Waals surface area contributed by atoms with E-state index in [2.05, 4.69) is 10.2 Å². The first kappa shape index (κ1) is 16.2. The molecule has 0 fully saturated rings. The third kappa shape index (κ3) is 2.68. The molecule has 2 N–H and O–H groups in total. The van der Waals surface area contributed by atoms with E-state index in [0.717, 1.165) is 5.56 Å². The fraction of sp³-hybridized carbons (Fsp3) is 0.0556. The second kappa shape index (κ2) is 6.20. The monoisotopic (exact) mass is 368 g/mol. The van der Waals surface area contributed by atoms with E-state index in [4.69, 9.17) is 11.6 Å². The number of aromatic amines is 1. The molecule has 0 amide bonds. The van der Waals surface area contributed by atoms with Crippen molar-refractivity contribution in [3.8, 4) is 17.0 Å². The molecular weight excluding hydrogens is 356 g/mol. The van der Waals surface area contributed by atoms with Gasteiger partial charge in [0.05, 0.1) is 17.8 Å². The lowest BCUT2D eigenvalue weighted by molar-refractivity contribution is 0.472. The molecule has 0 bridgehead atoms. The molecule has 130 valence electrons. The van der Waals surface area contributed by atoms with Crippen LogP contribution in [0.15, 0.2) is 64.7 Å². The number of H-pyrrole nitrogens is 1. The Morgan fingerprint density at radius 3 is 2.77 bits per heavy atom. The highest BCUT2D eigenvalue weighted by Gasteiger charge is 2.16. The average molecular weight is 369 g/mol. The first-order valence-corrected chi connectivity index (χ1v) is 8.14. The van der Waals surface area contributed by atoms with Gasteiger partial charge in [0.25, 0.3) is 5.56 Å². The van der Waals surface area contributed by atoms with Gasteiger partial charge in [-0.15, -0.1) is 0 Å². The number of benzene rings is 1. The summed E-state index contributed by atoms with van der Waals surface area (Å²) in [4.78, 5) is 25.2. The van der Waals surface area contributed by atoms with Crippen molar-refractivity contribution in [3.63, 3.8) is 0 Å². The van der Waals surface area contributed by atoms with Gasteiger partial charge < -0.3 is 14.1 Å². The van der Waals surface area contributed by atoms with Crippen LogP contribution in [-0.4, -0.2) is 24.3 Å². The minimum atomic E-state index is -0.633. The molecule has 0 aliphatic carbocycles. The number of halogens is 1. The zero-order chi connectivity index (χ0) is 18.3. The Hall–Kier alpha value is -3.32. The van der Waals surface area contributed by atoms with Crippen LogP contribution in [-0.2, 0) is 6.54 Å². The summed E-state index contributed by atoms with van der Waals surface area (Å²) < 4.78 is 2.85. The lowest BCUT2D eigenvalue weighted by Gasteiger charge is -2.11. The Kier molecular flexibility index (Phi) is 3.85. The summed E-state index contributed by atoms with van der Waals surface area (Å²) in [5.41, 5.74) is 0.333. The van der Waals surface area contributed by atoms with Crippen LogP contribution in [0.3, 0.4) is 0 Å². The third-order valence-electron chi connectivity index (χ3n) is 4.11. The minimum absolute atomic E-state index is 0.0807. The maximum absolute atomic E-state index is 12.8. The summed E-state index contributed by atoms with van der Waals surface area (Å²) in [6, 6.07) is 8.75. The van der Waals surface area contributed by atoms with E-state index in [-0.39, 0.29) is 17.6 Å². The SMILES string of the molecule is O=c1c(-c2ccn[nH]2)cn2ccn(Cc3cccc(Cl)c3)c(=O)c2c1O. The van der Waals surface area contributed by atoms with E-state index >= 15 is 0 Å². The molecule has 7 nitrogen and oxygen atoms in total. The summed E-state index contributed by atoms with van der Waals surface area (Å²) in [5.74, 6) is -0.595. The van der Waals surface area contributed by atoms with E-state index in [1.54, 1.807) is 36.7 Å². The van der Waals surface area contributed by atoms with Gasteiger partial charge in [0.1, 0.15) is 0 Å². The van der Waals surface area contributed by atoms with E-state index in [9.17, 15) is 14.7 Å². The van der Waals surface area contributed by atoms with Crippen molar-refractivity contribution in [2.24, 2.45) is 0 Å². The number of nitrogens with zero attached hydrogens (tertiary/aromatic N) is 3. The van der Waals surface area contributed by atoms with Gasteiger partial charge in [0.2, 0.25) is 5.43 Å². The molecule has 3 aromatic heterocycles. The highest BCUT2D eigenvalue weighted by molar-refractivity contribution is 6.30. The largest absolute Gasteiger partial charge is 0.503 e. The molecule has 4 rings (SSSR count). The molecule has 8 heteroatoms. The van der Waals surface area contributed by atoms with Gasteiger partial charge in [0.15, 0.2) is 11.3 Å². The number of pyridine rings is 1. The van der Waals surface area contributed by atoms with E-state index in [0.29, 0.717) is 10.7 Å². The summed E-state index contributed by atoms with van der Waals surface area (Å²) >= 11 is 5.98. The van der Waals surface area contributed by atoms with Crippen molar-refractivity contribution >= 4 is 17.1 Å². The Balaban J connectivity index is 1.88. The van der Waals surface area contributed by atoms with Gasteiger partial charge in [-0.3, -0.25) is 14.7 Å². The van der Waals surface area contributed by atoms with Gasteiger partial charge in [-0.25, -0.2) is 0 Å². The van der Waals surface area contributed by atoms with Crippen LogP contribution in [0.25, 0.3) is 16.8 Å². The Morgan fingerprint density at radius 2 is 2.04 bits per heavy atom. The van der Waals surface area contributed by atoms with Gasteiger partial charge in [-0.2, -0.15) is 5.10 Å². The summed E-state index contributed by atoms with van der Waals surface area (Å²) in [6.45, 7) is 0.270. The van der Waals surface area contributed by atoms with Gasteiger partial charge >= 0.3 is 0 Å². The maximum Gasteiger partial charge on any atom is 0.279 e. The van der Waals surface area contributed by atoms with Crippen LogP contribution in [0, 0.1) is 0 Å². The number of hydrogen-bond donors (Lipinski definition) is 2. The van der Waals surface area contributed by atoms with E-state index < -0.39 is 16.7 Å². The van der Waals surface area contributed by atoms with Crippen LogP contribution >= 0.6 is 11.6 Å². The summed E-state index contributed by atoms with van der Waals surface area (Å²) in [6.07, 6.45) is 6.21. The third-order valence-corrected chi connectivity index (χ3v) is 4.35. The maximum atomic E-state index is 12.8. The normalized spacial score (nSPS) is 11.1. The summed E-state index contributed by atoms with van der Waals surface area (Å²) in [7, 11) is 0. The molecule has 3 heterocycles. The fourth-order valence-electron chi connectivity index (χ4n) is 2.86. The molecule has 0 atom stereocenters. The molecule has 4 aromatic rings. The number of nitrogens with one attached hydrogen (secondary N) is 1. The number of fused-ring (bicyclic) bond motifs is 1. The Bertz CT molecular complexity index is 1230. The molecule has 0 spiro atoms. The molecule has 1 aromatic carbocycles. The molecular formula is C18H13ClN4O3. The molecule has 0 aliphatic heterocycles. The first-order valence-electron chi connectivity index (χ1n) is 7.76. The van der Waals surface area contributed by atoms with Crippen molar-refractivity contribution in [2.75, 3.05) is 0 Å². The van der Waals surface area contributed by atoms with Crippen LogP contribution in [0.5, 0.6) is 5.75 Å². The van der Waals surface area contributed by atoms with Crippen LogP contribution in [0.4, 0.5) is 0 Å². The highest BCUT2D eigenvalue weighted by Crippen LogP contribution is 2.18. The van der Waals surface area contributed by atoms with Crippen LogP contribution < -0.4 is 11.0 Å². The van der Waals surface area contributed by atoms with E-state index in [1.165, 1.54) is 21.4 Å². The van der Waals surface area contributed by atoms with Crippen molar-refractivity contribution in [1.29, 1.82) is 0 Å². The number of rotatable bonds is 3. The molecule has 0 radical (unpaired) electrons. The van der Waals surface area contributed by atoms with Crippen molar-refractivity contribution in [2.45, 2.75) is 6.54 Å². The quantitative estimate of drug-likeness (QED) is 0.580. The second-order valence-electron chi connectivity index (χ2n) is 5.81. The van der Waals surface area contributed by atoms with Crippen molar-refractivity contribution in [1.82, 2.24) is 19.2 Å². The Labute approximate surface area is 151 Å². The second-order valence-corrected chi connectivity index (χ2v) is 6.24. The zero-order valence-corrected chi connectivity index (χ0v) is 14.1. The van der Waals surface area contributed by atoms with E-state index in [1.807, 2.05) is 6.07 Å². The lowest BCUT2D eigenvalue weighted by Crippen LogP contribution is -2.24. The lowest BCUT2D eigenvalue weighted by atomic mass is 10.2. The predicted molar refractivity (Wildman–Crippen MR) is 97.7 cm³/mol. The standard InChI is InChI=1S/C18H13ClN4O3/c19-12-3-1-2-11(8-12)9-23-7-6-22-10-13(14-4-5-20-21-14)16(24)17(25)15(22)18(23)26/h1-8,10,25H,9H2,(H,20,21). The number of hydrogen-bond acceptors (Lipinski definition) is 4. The predicted octanol–water partition coefficient (Wildman–Crippen LogP) is 2.26. The zero-order valence-electron chi connectivity index (χ0n) is 13.4. The van der Waals surface area contributed by atoms with Crippen molar-refractivity contribution in [3.05, 3.63) is 86.3 Å². The van der Waals surface area contributed by atoms with Crippen LogP contribution in [0.1, 0.15) is 5.56 Å². The molecule has 0 aliphatic rings. The summed E-state index contributed by atoms with van der Waals surface area (Å²) in [5, 5.41) is 17.4. The molecule has 26 heavy (non-hydrogen) atoms. The number of aromatic hydroxyl groups is 1. The number of aromatic nitrogens is 4.